The lowest BCUT2D eigenvalue weighted by Crippen LogP contribution is -2.46. The molecule has 0 unspecified atom stereocenters. The highest BCUT2D eigenvalue weighted by Crippen LogP contribution is 2.26. The fraction of sp³-hybridized carbons (Fsp3) is 0.500. The van der Waals surface area contributed by atoms with Crippen molar-refractivity contribution in [2.45, 2.75) is 51.4 Å². The van der Waals surface area contributed by atoms with E-state index in [1.807, 2.05) is 23.1 Å². The molecule has 32 heavy (non-hydrogen) atoms. The maximum Gasteiger partial charge on any atom is 0.225 e. The second-order valence-electron chi connectivity index (χ2n) is 9.43. The van der Waals surface area contributed by atoms with E-state index in [2.05, 4.69) is 47.4 Å². The van der Waals surface area contributed by atoms with Gasteiger partial charge in [0.25, 0.3) is 0 Å². The summed E-state index contributed by atoms with van der Waals surface area (Å²) >= 11 is 0. The van der Waals surface area contributed by atoms with Gasteiger partial charge < -0.3 is 9.80 Å². The van der Waals surface area contributed by atoms with Gasteiger partial charge in [0, 0.05) is 38.5 Å². The predicted octanol–water partition coefficient (Wildman–Crippen LogP) is 4.73. The maximum atomic E-state index is 13.0. The van der Waals surface area contributed by atoms with Gasteiger partial charge in [0.05, 0.1) is 0 Å². The summed E-state index contributed by atoms with van der Waals surface area (Å²) in [6.07, 6.45) is 7.56. The molecule has 4 rings (SSSR count). The molecule has 0 saturated carbocycles. The van der Waals surface area contributed by atoms with Crippen LogP contribution in [0.2, 0.25) is 0 Å². The van der Waals surface area contributed by atoms with Crippen molar-refractivity contribution >= 4 is 11.8 Å². The van der Waals surface area contributed by atoms with Gasteiger partial charge in [-0.3, -0.25) is 9.59 Å². The van der Waals surface area contributed by atoms with Crippen LogP contribution in [-0.2, 0) is 22.4 Å². The van der Waals surface area contributed by atoms with Gasteiger partial charge in [-0.25, -0.2) is 0 Å². The number of amides is 2. The molecule has 2 amide bonds. The number of carbonyl (C=O) groups is 2. The number of benzene rings is 2. The molecule has 0 bridgehead atoms. The van der Waals surface area contributed by atoms with Crippen molar-refractivity contribution in [3.8, 4) is 0 Å². The van der Waals surface area contributed by atoms with E-state index >= 15 is 0 Å². The number of hydrogen-bond donors (Lipinski definition) is 0. The Morgan fingerprint density at radius 2 is 1.22 bits per heavy atom. The Morgan fingerprint density at radius 3 is 1.81 bits per heavy atom. The Kier molecular flexibility index (Phi) is 7.97. The van der Waals surface area contributed by atoms with Crippen molar-refractivity contribution in [2.24, 2.45) is 11.8 Å². The molecule has 0 aromatic heterocycles. The Hall–Kier alpha value is -2.62. The molecule has 4 nitrogen and oxygen atoms in total. The van der Waals surface area contributed by atoms with Crippen molar-refractivity contribution in [2.75, 3.05) is 26.2 Å². The predicted molar refractivity (Wildman–Crippen MR) is 128 cm³/mol. The van der Waals surface area contributed by atoms with Crippen LogP contribution in [0.5, 0.6) is 0 Å². The second kappa shape index (κ2) is 11.3. The summed E-state index contributed by atoms with van der Waals surface area (Å²) in [5.74, 6) is 1.36. The summed E-state index contributed by atoms with van der Waals surface area (Å²) in [5.41, 5.74) is 2.62. The zero-order valence-electron chi connectivity index (χ0n) is 19.1. The lowest BCUT2D eigenvalue weighted by atomic mass is 9.89. The molecule has 2 aromatic rings. The molecular weight excluding hydrogens is 396 g/mol. The minimum absolute atomic E-state index is 0.0917. The second-order valence-corrected chi connectivity index (χ2v) is 9.43. The third kappa shape index (κ3) is 6.21. The fourth-order valence-corrected chi connectivity index (χ4v) is 5.15. The number of carbonyl (C=O) groups excluding carboxylic acids is 2. The van der Waals surface area contributed by atoms with Crippen molar-refractivity contribution in [1.29, 1.82) is 0 Å². The van der Waals surface area contributed by atoms with E-state index in [0.717, 1.165) is 70.6 Å². The van der Waals surface area contributed by atoms with Gasteiger partial charge in [0.15, 0.2) is 0 Å². The lowest BCUT2D eigenvalue weighted by Gasteiger charge is -2.37. The van der Waals surface area contributed by atoms with Gasteiger partial charge in [0.1, 0.15) is 0 Å². The van der Waals surface area contributed by atoms with Crippen LogP contribution >= 0.6 is 0 Å². The monoisotopic (exact) mass is 432 g/mol. The zero-order chi connectivity index (χ0) is 22.2. The zero-order valence-corrected chi connectivity index (χ0v) is 19.1. The molecule has 2 saturated heterocycles. The first kappa shape index (κ1) is 22.6. The van der Waals surface area contributed by atoms with E-state index in [9.17, 15) is 9.59 Å². The van der Waals surface area contributed by atoms with Gasteiger partial charge in [-0.05, 0) is 62.0 Å². The fourth-order valence-electron chi connectivity index (χ4n) is 5.15. The van der Waals surface area contributed by atoms with Gasteiger partial charge in [0.2, 0.25) is 11.8 Å². The number of nitrogens with zero attached hydrogens (tertiary/aromatic N) is 2. The summed E-state index contributed by atoms with van der Waals surface area (Å²) in [6.45, 7) is 3.23. The van der Waals surface area contributed by atoms with Crippen LogP contribution in [0.15, 0.2) is 60.7 Å². The molecule has 2 fully saturated rings. The summed E-state index contributed by atoms with van der Waals surface area (Å²) in [7, 11) is 0. The van der Waals surface area contributed by atoms with Crippen LogP contribution in [0.4, 0.5) is 0 Å². The van der Waals surface area contributed by atoms with Crippen LogP contribution in [-0.4, -0.2) is 47.8 Å². The first-order valence-electron chi connectivity index (χ1n) is 12.3. The van der Waals surface area contributed by atoms with Crippen molar-refractivity contribution in [1.82, 2.24) is 9.80 Å². The van der Waals surface area contributed by atoms with E-state index < -0.39 is 0 Å². The Labute approximate surface area is 192 Å². The standard InChI is InChI=1S/C28H36N2O2/c31-27(14-13-24-9-5-2-6-10-24)29-21-17-26(18-22-29)28(32)30-19-15-25(16-20-30)12-11-23-7-3-1-4-8-23/h1-10,25-26H,11-22H2. The molecule has 0 spiro atoms. The molecule has 2 aromatic carbocycles. The van der Waals surface area contributed by atoms with E-state index in [4.69, 9.17) is 0 Å². The van der Waals surface area contributed by atoms with Gasteiger partial charge >= 0.3 is 0 Å². The summed E-state index contributed by atoms with van der Waals surface area (Å²) < 4.78 is 0. The van der Waals surface area contributed by atoms with Gasteiger partial charge in [-0.2, -0.15) is 0 Å². The summed E-state index contributed by atoms with van der Waals surface area (Å²) in [6, 6.07) is 20.9. The van der Waals surface area contributed by atoms with Crippen molar-refractivity contribution in [3.05, 3.63) is 71.8 Å². The van der Waals surface area contributed by atoms with E-state index in [-0.39, 0.29) is 11.8 Å². The molecular formula is C28H36N2O2. The average molecular weight is 433 g/mol. The molecule has 2 aliphatic rings. The van der Waals surface area contributed by atoms with Crippen molar-refractivity contribution < 1.29 is 9.59 Å². The topological polar surface area (TPSA) is 40.6 Å². The molecule has 0 aliphatic carbocycles. The first-order valence-corrected chi connectivity index (χ1v) is 12.3. The summed E-state index contributed by atoms with van der Waals surface area (Å²) in [4.78, 5) is 29.7. The Balaban J connectivity index is 1.15. The highest BCUT2D eigenvalue weighted by molar-refractivity contribution is 5.80. The van der Waals surface area contributed by atoms with Gasteiger partial charge in [-0.1, -0.05) is 60.7 Å². The lowest BCUT2D eigenvalue weighted by molar-refractivity contribution is -0.141. The normalized spacial score (nSPS) is 18.0. The smallest absolute Gasteiger partial charge is 0.225 e. The average Bonchev–Trinajstić information content (AvgIpc) is 2.87. The van der Waals surface area contributed by atoms with Crippen LogP contribution < -0.4 is 0 Å². The molecule has 170 valence electrons. The molecule has 0 radical (unpaired) electrons. The maximum absolute atomic E-state index is 13.0. The molecule has 4 heteroatoms. The highest BCUT2D eigenvalue weighted by Gasteiger charge is 2.31. The van der Waals surface area contributed by atoms with E-state index in [1.54, 1.807) is 0 Å². The summed E-state index contributed by atoms with van der Waals surface area (Å²) in [5, 5.41) is 0. The van der Waals surface area contributed by atoms with Crippen LogP contribution in [0.25, 0.3) is 0 Å². The number of hydrogen-bond acceptors (Lipinski definition) is 2. The SMILES string of the molecule is O=C(CCc1ccccc1)N1CCC(C(=O)N2CCC(CCc3ccccc3)CC2)CC1. The number of aryl methyl sites for hydroxylation is 2. The number of likely N-dealkylation sites (tertiary alicyclic amines) is 2. The van der Waals surface area contributed by atoms with Crippen LogP contribution in [0, 0.1) is 11.8 Å². The van der Waals surface area contributed by atoms with E-state index in [0.29, 0.717) is 12.3 Å². The number of rotatable bonds is 7. The molecule has 0 N–H and O–H groups in total. The Morgan fingerprint density at radius 1 is 0.688 bits per heavy atom. The molecule has 2 aliphatic heterocycles. The molecule has 0 atom stereocenters. The first-order chi connectivity index (χ1) is 15.7. The third-order valence-corrected chi connectivity index (χ3v) is 7.28. The van der Waals surface area contributed by atoms with E-state index in [1.165, 1.54) is 17.5 Å². The minimum atomic E-state index is 0.0917. The van der Waals surface area contributed by atoms with Crippen LogP contribution in [0.1, 0.15) is 49.7 Å². The van der Waals surface area contributed by atoms with Crippen molar-refractivity contribution in [3.63, 3.8) is 0 Å². The number of piperidine rings is 2. The highest BCUT2D eigenvalue weighted by atomic mass is 16.2. The Bertz CT molecular complexity index is 852. The van der Waals surface area contributed by atoms with Gasteiger partial charge in [-0.15, -0.1) is 0 Å². The largest absolute Gasteiger partial charge is 0.343 e. The minimum Gasteiger partial charge on any atom is -0.343 e. The quantitative estimate of drug-likeness (QED) is 0.635. The van der Waals surface area contributed by atoms with Crippen LogP contribution in [0.3, 0.4) is 0 Å². The third-order valence-electron chi connectivity index (χ3n) is 7.28. The molecule has 2 heterocycles.